The second kappa shape index (κ2) is 6.12. The Bertz CT molecular complexity index is 412. The van der Waals surface area contributed by atoms with Crippen molar-refractivity contribution in [2.75, 3.05) is 0 Å². The van der Waals surface area contributed by atoms with Crippen molar-refractivity contribution in [1.29, 1.82) is 0 Å². The largest absolute Gasteiger partial charge is 0.466 e. The fraction of sp³-hybridized carbons (Fsp3) is 0.571. The van der Waals surface area contributed by atoms with E-state index in [2.05, 4.69) is 6.92 Å². The maximum Gasteiger partial charge on any atom is 0.119 e. The van der Waals surface area contributed by atoms with Gasteiger partial charge >= 0.3 is 0 Å². The number of rotatable bonds is 3. The minimum atomic E-state index is -0.261. The first-order chi connectivity index (χ1) is 8.60. The molecule has 2 unspecified atom stereocenters. The van der Waals surface area contributed by atoms with E-state index in [-0.39, 0.29) is 16.2 Å². The number of halogens is 3. The first-order valence-corrected chi connectivity index (χ1v) is 7.19. The van der Waals surface area contributed by atoms with Gasteiger partial charge in [-0.1, -0.05) is 24.9 Å². The monoisotopic (exact) mass is 290 g/mol. The van der Waals surface area contributed by atoms with Gasteiger partial charge in [0.05, 0.1) is 10.4 Å². The van der Waals surface area contributed by atoms with Gasteiger partial charge in [0.15, 0.2) is 0 Å². The van der Waals surface area contributed by atoms with Crippen LogP contribution in [0.3, 0.4) is 0 Å². The fourth-order valence-corrected chi connectivity index (χ4v) is 2.95. The summed E-state index contributed by atoms with van der Waals surface area (Å²) in [5.41, 5.74) is 0. The van der Waals surface area contributed by atoms with Gasteiger partial charge in [0.2, 0.25) is 0 Å². The van der Waals surface area contributed by atoms with E-state index < -0.39 is 0 Å². The Balaban J connectivity index is 2.01. The lowest BCUT2D eigenvalue weighted by molar-refractivity contribution is 0.250. The van der Waals surface area contributed by atoms with Gasteiger partial charge in [0.25, 0.3) is 0 Å². The topological polar surface area (TPSA) is 9.23 Å². The Labute approximate surface area is 117 Å². The quantitative estimate of drug-likeness (QED) is 0.631. The van der Waals surface area contributed by atoms with Crippen LogP contribution in [0.4, 0.5) is 4.39 Å². The Morgan fingerprint density at radius 2 is 2.11 bits per heavy atom. The van der Waals surface area contributed by atoms with Crippen molar-refractivity contribution in [3.05, 3.63) is 34.5 Å². The minimum Gasteiger partial charge on any atom is -0.466 e. The summed E-state index contributed by atoms with van der Waals surface area (Å²) in [6.07, 6.45) is 7.44. The number of hydrogen-bond acceptors (Lipinski definition) is 1. The molecule has 18 heavy (non-hydrogen) atoms. The van der Waals surface area contributed by atoms with Crippen LogP contribution in [0.25, 0.3) is 0 Å². The smallest absolute Gasteiger partial charge is 0.119 e. The molecular weight excluding hydrogens is 274 g/mol. The predicted molar refractivity (Wildman–Crippen MR) is 73.1 cm³/mol. The normalized spacial score (nSPS) is 28.9. The first-order valence-electron chi connectivity index (χ1n) is 6.37. The molecule has 0 spiro atoms. The van der Waals surface area contributed by atoms with E-state index in [1.54, 1.807) is 6.08 Å². The van der Waals surface area contributed by atoms with Crippen molar-refractivity contribution < 1.29 is 9.13 Å². The van der Waals surface area contributed by atoms with Crippen molar-refractivity contribution in [1.82, 2.24) is 0 Å². The lowest BCUT2D eigenvalue weighted by Crippen LogP contribution is -2.18. The van der Waals surface area contributed by atoms with E-state index in [4.69, 9.17) is 27.9 Å². The molecule has 0 heterocycles. The lowest BCUT2D eigenvalue weighted by atomic mass is 9.91. The molecule has 100 valence electrons. The van der Waals surface area contributed by atoms with Crippen LogP contribution < -0.4 is 0 Å². The highest BCUT2D eigenvalue weighted by Crippen LogP contribution is 2.34. The Morgan fingerprint density at radius 1 is 1.33 bits per heavy atom. The second-order valence-electron chi connectivity index (χ2n) is 4.75. The molecule has 2 rings (SSSR count). The fourth-order valence-electron chi connectivity index (χ4n) is 2.29. The number of ether oxygens (including phenoxy) is 1. The summed E-state index contributed by atoms with van der Waals surface area (Å²) in [5.74, 6) is 1.88. The van der Waals surface area contributed by atoms with Gasteiger partial charge in [0, 0.05) is 19.3 Å². The molecule has 0 fully saturated rings. The SMILES string of the molecule is CCC1CCC(OC2=CC(Cl)=C(F)CC2)=CC1Cl. The lowest BCUT2D eigenvalue weighted by Gasteiger charge is -2.26. The van der Waals surface area contributed by atoms with Gasteiger partial charge < -0.3 is 4.74 Å². The van der Waals surface area contributed by atoms with E-state index in [1.807, 2.05) is 6.08 Å². The average molecular weight is 291 g/mol. The van der Waals surface area contributed by atoms with Crippen molar-refractivity contribution in [3.63, 3.8) is 0 Å². The van der Waals surface area contributed by atoms with Crippen molar-refractivity contribution >= 4 is 23.2 Å². The van der Waals surface area contributed by atoms with Crippen LogP contribution in [0.15, 0.2) is 34.5 Å². The van der Waals surface area contributed by atoms with E-state index >= 15 is 0 Å². The zero-order valence-electron chi connectivity index (χ0n) is 10.4. The number of allylic oxidation sites excluding steroid dienone is 6. The summed E-state index contributed by atoms with van der Waals surface area (Å²) in [6.45, 7) is 2.15. The van der Waals surface area contributed by atoms with Crippen LogP contribution in [0, 0.1) is 5.92 Å². The number of hydrogen-bond donors (Lipinski definition) is 0. The van der Waals surface area contributed by atoms with E-state index in [0.717, 1.165) is 30.8 Å². The molecule has 2 aliphatic rings. The highest BCUT2D eigenvalue weighted by Gasteiger charge is 2.23. The zero-order chi connectivity index (χ0) is 13.1. The molecule has 0 saturated heterocycles. The highest BCUT2D eigenvalue weighted by atomic mass is 35.5. The molecule has 0 aromatic carbocycles. The van der Waals surface area contributed by atoms with Gasteiger partial charge in [-0.05, 0) is 24.5 Å². The molecule has 0 saturated carbocycles. The second-order valence-corrected chi connectivity index (χ2v) is 5.66. The highest BCUT2D eigenvalue weighted by molar-refractivity contribution is 6.31. The molecule has 0 amide bonds. The van der Waals surface area contributed by atoms with Gasteiger partial charge in [-0.2, -0.15) is 0 Å². The van der Waals surface area contributed by atoms with E-state index in [9.17, 15) is 4.39 Å². The van der Waals surface area contributed by atoms with Crippen LogP contribution >= 0.6 is 23.2 Å². The van der Waals surface area contributed by atoms with Gasteiger partial charge in [-0.25, -0.2) is 4.39 Å². The molecule has 0 N–H and O–H groups in total. The maximum atomic E-state index is 13.1. The summed E-state index contributed by atoms with van der Waals surface area (Å²) in [4.78, 5) is 0. The van der Waals surface area contributed by atoms with Crippen LogP contribution in [-0.2, 0) is 4.74 Å². The Hall–Kier alpha value is -0.470. The molecule has 0 radical (unpaired) electrons. The Kier molecular flexibility index (Phi) is 4.74. The predicted octanol–water partition coefficient (Wildman–Crippen LogP) is 5.41. The molecule has 0 aliphatic heterocycles. The van der Waals surface area contributed by atoms with Gasteiger partial charge in [-0.3, -0.25) is 0 Å². The zero-order valence-corrected chi connectivity index (χ0v) is 11.9. The van der Waals surface area contributed by atoms with Crippen molar-refractivity contribution in [3.8, 4) is 0 Å². The molecular formula is C14H17Cl2FO. The molecule has 2 aliphatic carbocycles. The Morgan fingerprint density at radius 3 is 2.72 bits per heavy atom. The van der Waals surface area contributed by atoms with Crippen LogP contribution in [0.5, 0.6) is 0 Å². The third-order valence-corrected chi connectivity index (χ3v) is 4.28. The van der Waals surface area contributed by atoms with Crippen LogP contribution in [0.1, 0.15) is 39.0 Å². The summed E-state index contributed by atoms with van der Waals surface area (Å²) < 4.78 is 18.9. The van der Waals surface area contributed by atoms with Crippen molar-refractivity contribution in [2.24, 2.45) is 5.92 Å². The summed E-state index contributed by atoms with van der Waals surface area (Å²) in [6, 6.07) is 0. The van der Waals surface area contributed by atoms with Crippen LogP contribution in [-0.4, -0.2) is 5.38 Å². The van der Waals surface area contributed by atoms with Crippen LogP contribution in [0.2, 0.25) is 0 Å². The summed E-state index contributed by atoms with van der Waals surface area (Å²) in [7, 11) is 0. The van der Waals surface area contributed by atoms with E-state index in [1.165, 1.54) is 0 Å². The maximum absolute atomic E-state index is 13.1. The third kappa shape index (κ3) is 3.30. The standard InChI is InChI=1S/C14H17Cl2FO/c1-2-9-3-4-10(7-12(9)15)18-11-5-6-14(17)13(16)8-11/h7-9,12H,2-6H2,1H3. The molecule has 0 aromatic heterocycles. The van der Waals surface area contributed by atoms with Crippen molar-refractivity contribution in [2.45, 2.75) is 44.4 Å². The molecule has 0 bridgehead atoms. The van der Waals surface area contributed by atoms with E-state index in [0.29, 0.717) is 18.8 Å². The first kappa shape index (κ1) is 14.0. The number of alkyl halides is 1. The molecule has 4 heteroatoms. The molecule has 0 aromatic rings. The molecule has 2 atom stereocenters. The third-order valence-electron chi connectivity index (χ3n) is 3.48. The summed E-state index contributed by atoms with van der Waals surface area (Å²) >= 11 is 12.0. The van der Waals surface area contributed by atoms with Gasteiger partial charge in [-0.15, -0.1) is 11.6 Å². The van der Waals surface area contributed by atoms with Gasteiger partial charge in [0.1, 0.15) is 17.3 Å². The average Bonchev–Trinajstić information content (AvgIpc) is 2.34. The summed E-state index contributed by atoms with van der Waals surface area (Å²) in [5, 5.41) is 0.187. The molecule has 1 nitrogen and oxygen atoms in total. The minimum absolute atomic E-state index is 0.0330.